The number of aryl methyl sites for hydroxylation is 1. The molecule has 5 heteroatoms. The second kappa shape index (κ2) is 8.48. The van der Waals surface area contributed by atoms with E-state index in [4.69, 9.17) is 4.74 Å². The van der Waals surface area contributed by atoms with Gasteiger partial charge in [-0.15, -0.1) is 0 Å². The number of amides is 1. The maximum Gasteiger partial charge on any atom is 0.251 e. The number of ether oxygens (including phenoxy) is 1. The summed E-state index contributed by atoms with van der Waals surface area (Å²) in [6, 6.07) is 1.83. The van der Waals surface area contributed by atoms with Gasteiger partial charge in [-0.3, -0.25) is 4.79 Å². The minimum Gasteiger partial charge on any atom is -0.368 e. The van der Waals surface area contributed by atoms with Crippen molar-refractivity contribution in [1.82, 2.24) is 9.78 Å². The van der Waals surface area contributed by atoms with Crippen molar-refractivity contribution >= 4 is 11.7 Å². The summed E-state index contributed by atoms with van der Waals surface area (Å²) in [7, 11) is 0. The standard InChI is InChI=1S/C18H31N3O2/c1-5-10-21-17(8-9-19-21)20-18(22)12-23-16-11-14(4)6-7-15(16)13(2)3/h8-9,13-16H,5-7,10-12H2,1-4H3,(H,20,22). The van der Waals surface area contributed by atoms with Gasteiger partial charge in [0.2, 0.25) is 0 Å². The maximum atomic E-state index is 12.2. The van der Waals surface area contributed by atoms with Crippen molar-refractivity contribution in [1.29, 1.82) is 0 Å². The number of nitrogens with zero attached hydrogens (tertiary/aromatic N) is 2. The van der Waals surface area contributed by atoms with Crippen LogP contribution in [-0.2, 0) is 16.1 Å². The first-order valence-corrected chi connectivity index (χ1v) is 8.94. The molecule has 1 aliphatic rings. The third-order valence-corrected chi connectivity index (χ3v) is 4.81. The number of nitrogens with one attached hydrogen (secondary N) is 1. The smallest absolute Gasteiger partial charge is 0.251 e. The fraction of sp³-hybridized carbons (Fsp3) is 0.778. The predicted molar refractivity (Wildman–Crippen MR) is 92.2 cm³/mol. The average molecular weight is 321 g/mol. The molecule has 1 aromatic heterocycles. The Kier molecular flexibility index (Phi) is 6.63. The van der Waals surface area contributed by atoms with Crippen LogP contribution in [0.4, 0.5) is 5.82 Å². The van der Waals surface area contributed by atoms with Gasteiger partial charge in [-0.1, -0.05) is 34.1 Å². The largest absolute Gasteiger partial charge is 0.368 e. The van der Waals surface area contributed by atoms with Gasteiger partial charge in [0.05, 0.1) is 12.3 Å². The van der Waals surface area contributed by atoms with Gasteiger partial charge in [-0.2, -0.15) is 5.10 Å². The number of aromatic nitrogens is 2. The van der Waals surface area contributed by atoms with Crippen molar-refractivity contribution in [3.8, 4) is 0 Å². The van der Waals surface area contributed by atoms with E-state index < -0.39 is 0 Å². The molecule has 1 amide bonds. The fourth-order valence-corrected chi connectivity index (χ4v) is 3.50. The van der Waals surface area contributed by atoms with Crippen molar-refractivity contribution in [2.24, 2.45) is 17.8 Å². The quantitative estimate of drug-likeness (QED) is 0.833. The lowest BCUT2D eigenvalue weighted by Gasteiger charge is -2.37. The van der Waals surface area contributed by atoms with E-state index in [1.807, 2.05) is 10.7 Å². The molecule has 0 aromatic carbocycles. The zero-order valence-corrected chi connectivity index (χ0v) is 14.9. The lowest BCUT2D eigenvalue weighted by molar-refractivity contribution is -0.126. The molecule has 2 rings (SSSR count). The summed E-state index contributed by atoms with van der Waals surface area (Å²) >= 11 is 0. The van der Waals surface area contributed by atoms with Crippen molar-refractivity contribution in [3.63, 3.8) is 0 Å². The fourth-order valence-electron chi connectivity index (χ4n) is 3.50. The zero-order chi connectivity index (χ0) is 16.8. The van der Waals surface area contributed by atoms with Crippen LogP contribution in [0.3, 0.4) is 0 Å². The Morgan fingerprint density at radius 1 is 1.48 bits per heavy atom. The van der Waals surface area contributed by atoms with Gasteiger partial charge in [0.1, 0.15) is 12.4 Å². The highest BCUT2D eigenvalue weighted by Gasteiger charge is 2.31. The summed E-state index contributed by atoms with van der Waals surface area (Å²) in [6.45, 7) is 9.79. The summed E-state index contributed by atoms with van der Waals surface area (Å²) < 4.78 is 7.81. The summed E-state index contributed by atoms with van der Waals surface area (Å²) in [5, 5.41) is 7.12. The molecule has 0 saturated heterocycles. The number of anilines is 1. The molecule has 0 bridgehead atoms. The molecule has 1 fully saturated rings. The van der Waals surface area contributed by atoms with Gasteiger partial charge >= 0.3 is 0 Å². The normalized spacial score (nSPS) is 24.8. The van der Waals surface area contributed by atoms with E-state index in [9.17, 15) is 4.79 Å². The number of carbonyl (C=O) groups is 1. The zero-order valence-electron chi connectivity index (χ0n) is 14.9. The van der Waals surface area contributed by atoms with Gasteiger partial charge in [-0.05, 0) is 37.0 Å². The number of carbonyl (C=O) groups excluding carboxylic acids is 1. The van der Waals surface area contributed by atoms with Gasteiger partial charge < -0.3 is 10.1 Å². The molecule has 1 N–H and O–H groups in total. The molecule has 3 atom stereocenters. The van der Waals surface area contributed by atoms with Crippen LogP contribution in [-0.4, -0.2) is 28.4 Å². The second-order valence-electron chi connectivity index (χ2n) is 7.16. The Morgan fingerprint density at radius 3 is 2.96 bits per heavy atom. The molecule has 1 aromatic rings. The van der Waals surface area contributed by atoms with Crippen LogP contribution in [0.1, 0.15) is 53.4 Å². The van der Waals surface area contributed by atoms with E-state index >= 15 is 0 Å². The van der Waals surface area contributed by atoms with E-state index in [0.29, 0.717) is 17.8 Å². The SMILES string of the molecule is CCCn1nccc1NC(=O)COC1CC(C)CCC1C(C)C. The predicted octanol–water partition coefficient (Wildman–Crippen LogP) is 3.71. The average Bonchev–Trinajstić information content (AvgIpc) is 2.92. The molecule has 3 unspecified atom stereocenters. The highest BCUT2D eigenvalue weighted by molar-refractivity contribution is 5.90. The highest BCUT2D eigenvalue weighted by atomic mass is 16.5. The molecule has 1 saturated carbocycles. The van der Waals surface area contributed by atoms with Crippen molar-refractivity contribution in [3.05, 3.63) is 12.3 Å². The molecule has 130 valence electrons. The molecule has 0 radical (unpaired) electrons. The van der Waals surface area contributed by atoms with E-state index in [1.54, 1.807) is 6.20 Å². The van der Waals surface area contributed by atoms with Crippen LogP contribution in [0.2, 0.25) is 0 Å². The number of rotatable bonds is 7. The van der Waals surface area contributed by atoms with E-state index in [0.717, 1.165) is 25.2 Å². The van der Waals surface area contributed by atoms with Crippen molar-refractivity contribution in [2.45, 2.75) is 66.0 Å². The van der Waals surface area contributed by atoms with Crippen LogP contribution in [0.15, 0.2) is 12.3 Å². The van der Waals surface area contributed by atoms with Crippen LogP contribution < -0.4 is 5.32 Å². The lowest BCUT2D eigenvalue weighted by atomic mass is 9.75. The van der Waals surface area contributed by atoms with Gasteiger partial charge in [0, 0.05) is 12.6 Å². The Balaban J connectivity index is 1.86. The summed E-state index contributed by atoms with van der Waals surface area (Å²) in [6.07, 6.45) is 6.43. The third-order valence-electron chi connectivity index (χ3n) is 4.81. The third kappa shape index (κ3) is 5.06. The second-order valence-corrected chi connectivity index (χ2v) is 7.16. The van der Waals surface area contributed by atoms with Crippen molar-refractivity contribution < 1.29 is 9.53 Å². The topological polar surface area (TPSA) is 56.2 Å². The van der Waals surface area contributed by atoms with Crippen LogP contribution in [0.25, 0.3) is 0 Å². The Bertz CT molecular complexity index is 498. The minimum atomic E-state index is -0.0939. The molecule has 1 heterocycles. The molecule has 0 spiro atoms. The summed E-state index contributed by atoms with van der Waals surface area (Å²) in [5.74, 6) is 2.50. The van der Waals surface area contributed by atoms with E-state index in [2.05, 4.69) is 38.1 Å². The number of hydrogen-bond acceptors (Lipinski definition) is 3. The summed E-state index contributed by atoms with van der Waals surface area (Å²) in [5.41, 5.74) is 0. The molecule has 1 aliphatic carbocycles. The first-order valence-electron chi connectivity index (χ1n) is 8.94. The Labute approximate surface area is 139 Å². The molecule has 0 aliphatic heterocycles. The first kappa shape index (κ1) is 18.0. The molecular formula is C18H31N3O2. The lowest BCUT2D eigenvalue weighted by Crippen LogP contribution is -2.36. The Hall–Kier alpha value is -1.36. The first-order chi connectivity index (χ1) is 11.0. The number of hydrogen-bond donors (Lipinski definition) is 1. The Morgan fingerprint density at radius 2 is 2.26 bits per heavy atom. The van der Waals surface area contributed by atoms with Crippen molar-refractivity contribution in [2.75, 3.05) is 11.9 Å². The van der Waals surface area contributed by atoms with Crippen LogP contribution >= 0.6 is 0 Å². The van der Waals surface area contributed by atoms with E-state index in [1.165, 1.54) is 12.8 Å². The monoisotopic (exact) mass is 321 g/mol. The van der Waals surface area contributed by atoms with Gasteiger partial charge in [-0.25, -0.2) is 4.68 Å². The minimum absolute atomic E-state index is 0.0939. The molecule has 23 heavy (non-hydrogen) atoms. The highest BCUT2D eigenvalue weighted by Crippen LogP contribution is 2.35. The van der Waals surface area contributed by atoms with E-state index in [-0.39, 0.29) is 18.6 Å². The summed E-state index contributed by atoms with van der Waals surface area (Å²) in [4.78, 5) is 12.2. The van der Waals surface area contributed by atoms with Gasteiger partial charge in [0.15, 0.2) is 0 Å². The van der Waals surface area contributed by atoms with Gasteiger partial charge in [0.25, 0.3) is 5.91 Å². The molecular weight excluding hydrogens is 290 g/mol. The maximum absolute atomic E-state index is 12.2. The van der Waals surface area contributed by atoms with Crippen LogP contribution in [0, 0.1) is 17.8 Å². The van der Waals surface area contributed by atoms with Crippen LogP contribution in [0.5, 0.6) is 0 Å². The molecule has 5 nitrogen and oxygen atoms in total.